The molecule has 8 heteroatoms. The molecule has 0 atom stereocenters. The molecule has 2 aromatic heterocycles. The number of nitrogens with one attached hydrogen (secondary N) is 1. The fourth-order valence-electron chi connectivity index (χ4n) is 3.25. The minimum absolute atomic E-state index is 0. The smallest absolute Gasteiger partial charge is 0.225 e. The molecule has 0 aliphatic carbocycles. The number of anilines is 1. The minimum atomic E-state index is 0. The maximum Gasteiger partial charge on any atom is 0.225 e. The van der Waals surface area contributed by atoms with Crippen LogP contribution in [0.15, 0.2) is 53.8 Å². The molecular formula is C19H24IN7. The number of nitrogens with two attached hydrogens (primary N) is 1. The summed E-state index contributed by atoms with van der Waals surface area (Å²) in [6.45, 7) is 4.05. The molecule has 1 aromatic carbocycles. The number of aromatic amines is 1. The van der Waals surface area contributed by atoms with Crippen LogP contribution in [0.4, 0.5) is 5.95 Å². The summed E-state index contributed by atoms with van der Waals surface area (Å²) in [4.78, 5) is 20.9. The van der Waals surface area contributed by atoms with Crippen molar-refractivity contribution in [3.05, 3.63) is 54.5 Å². The normalized spacial score (nSPS) is 15.0. The molecular weight excluding hydrogens is 453 g/mol. The number of benzene rings is 1. The van der Waals surface area contributed by atoms with Crippen LogP contribution in [-0.2, 0) is 6.42 Å². The Morgan fingerprint density at radius 3 is 2.56 bits per heavy atom. The summed E-state index contributed by atoms with van der Waals surface area (Å²) >= 11 is 0. The average Bonchev–Trinajstić information content (AvgIpc) is 3.11. The fourth-order valence-corrected chi connectivity index (χ4v) is 3.25. The quantitative estimate of drug-likeness (QED) is 0.342. The monoisotopic (exact) mass is 477 g/mol. The van der Waals surface area contributed by atoms with Gasteiger partial charge in [0.2, 0.25) is 5.95 Å². The van der Waals surface area contributed by atoms with E-state index in [1.807, 2.05) is 12.1 Å². The molecule has 1 aliphatic heterocycles. The maximum atomic E-state index is 6.19. The Hall–Kier alpha value is -2.36. The van der Waals surface area contributed by atoms with E-state index in [2.05, 4.69) is 54.0 Å². The van der Waals surface area contributed by atoms with Crippen LogP contribution in [0.2, 0.25) is 0 Å². The van der Waals surface area contributed by atoms with Crippen molar-refractivity contribution in [2.24, 2.45) is 10.7 Å². The van der Waals surface area contributed by atoms with Crippen LogP contribution in [0.3, 0.4) is 0 Å². The van der Waals surface area contributed by atoms with Crippen LogP contribution in [0, 0.1) is 0 Å². The molecule has 0 saturated carbocycles. The lowest BCUT2D eigenvalue weighted by molar-refractivity contribution is 0.378. The van der Waals surface area contributed by atoms with Crippen molar-refractivity contribution in [3.63, 3.8) is 0 Å². The van der Waals surface area contributed by atoms with Gasteiger partial charge in [-0.15, -0.1) is 24.0 Å². The number of H-pyrrole nitrogens is 1. The van der Waals surface area contributed by atoms with E-state index in [1.165, 1.54) is 16.6 Å². The van der Waals surface area contributed by atoms with Crippen LogP contribution in [0.1, 0.15) is 5.69 Å². The third-order valence-corrected chi connectivity index (χ3v) is 4.68. The summed E-state index contributed by atoms with van der Waals surface area (Å²) in [5.41, 5.74) is 8.54. The number of fused-ring (bicyclic) bond motifs is 1. The summed E-state index contributed by atoms with van der Waals surface area (Å²) in [5, 5.41) is 1.23. The molecule has 0 spiro atoms. The van der Waals surface area contributed by atoms with E-state index in [1.54, 1.807) is 12.4 Å². The van der Waals surface area contributed by atoms with Crippen molar-refractivity contribution in [2.45, 2.75) is 6.42 Å². The number of rotatable bonds is 4. The van der Waals surface area contributed by atoms with E-state index in [0.717, 1.165) is 38.5 Å². The molecule has 0 amide bonds. The standard InChI is InChI=1S/C19H23N7.HI/c20-18(21-9-6-16-14-15-4-1-2-5-17(15)24-16)25-10-12-26(13-11-25)19-22-7-3-8-23-19;/h1-5,7-8,14,24H,6,9-13H2,(H2,20,21);1H. The second-order valence-electron chi connectivity index (χ2n) is 6.39. The largest absolute Gasteiger partial charge is 0.370 e. The van der Waals surface area contributed by atoms with Gasteiger partial charge in [-0.2, -0.15) is 0 Å². The molecule has 3 N–H and O–H groups in total. The number of hydrogen-bond donors (Lipinski definition) is 2. The Morgan fingerprint density at radius 1 is 1.07 bits per heavy atom. The molecule has 0 bridgehead atoms. The van der Waals surface area contributed by atoms with Crippen molar-refractivity contribution < 1.29 is 0 Å². The van der Waals surface area contributed by atoms with Crippen molar-refractivity contribution >= 4 is 46.8 Å². The number of aromatic nitrogens is 3. The predicted octanol–water partition coefficient (Wildman–Crippen LogP) is 2.26. The van der Waals surface area contributed by atoms with Crippen LogP contribution < -0.4 is 10.6 Å². The van der Waals surface area contributed by atoms with Gasteiger partial charge in [0, 0.05) is 62.7 Å². The zero-order valence-corrected chi connectivity index (χ0v) is 17.4. The van der Waals surface area contributed by atoms with Crippen molar-refractivity contribution in [1.29, 1.82) is 0 Å². The van der Waals surface area contributed by atoms with E-state index in [9.17, 15) is 0 Å². The summed E-state index contributed by atoms with van der Waals surface area (Å²) in [6, 6.07) is 12.3. The summed E-state index contributed by atoms with van der Waals surface area (Å²) in [6.07, 6.45) is 4.40. The summed E-state index contributed by atoms with van der Waals surface area (Å²) in [5.74, 6) is 1.40. The van der Waals surface area contributed by atoms with Crippen molar-refractivity contribution in [3.8, 4) is 0 Å². The number of halogens is 1. The van der Waals surface area contributed by atoms with Gasteiger partial charge in [-0.1, -0.05) is 18.2 Å². The Balaban J connectivity index is 0.00000210. The molecule has 1 fully saturated rings. The van der Waals surface area contributed by atoms with Gasteiger partial charge < -0.3 is 20.5 Å². The third-order valence-electron chi connectivity index (χ3n) is 4.68. The molecule has 3 aromatic rings. The Bertz CT molecular complexity index is 852. The number of piperazine rings is 1. The molecule has 1 saturated heterocycles. The van der Waals surface area contributed by atoms with E-state index >= 15 is 0 Å². The molecule has 27 heavy (non-hydrogen) atoms. The molecule has 4 rings (SSSR count). The third kappa shape index (κ3) is 4.68. The highest BCUT2D eigenvalue weighted by atomic mass is 127. The Kier molecular flexibility index (Phi) is 6.49. The second-order valence-corrected chi connectivity index (χ2v) is 6.39. The van der Waals surface area contributed by atoms with Crippen LogP contribution in [0.5, 0.6) is 0 Å². The Labute approximate surface area is 175 Å². The molecule has 0 radical (unpaired) electrons. The highest BCUT2D eigenvalue weighted by molar-refractivity contribution is 14.0. The summed E-state index contributed by atoms with van der Waals surface area (Å²) in [7, 11) is 0. The lowest BCUT2D eigenvalue weighted by atomic mass is 10.2. The minimum Gasteiger partial charge on any atom is -0.370 e. The predicted molar refractivity (Wildman–Crippen MR) is 120 cm³/mol. The van der Waals surface area contributed by atoms with E-state index in [0.29, 0.717) is 12.5 Å². The first-order valence-corrected chi connectivity index (χ1v) is 8.93. The number of hydrogen-bond acceptors (Lipinski definition) is 4. The maximum absolute atomic E-state index is 6.19. The van der Waals surface area contributed by atoms with Gasteiger partial charge in [-0.25, -0.2) is 9.97 Å². The van der Waals surface area contributed by atoms with Gasteiger partial charge in [0.25, 0.3) is 0 Å². The van der Waals surface area contributed by atoms with E-state index in [-0.39, 0.29) is 24.0 Å². The van der Waals surface area contributed by atoms with Gasteiger partial charge >= 0.3 is 0 Å². The van der Waals surface area contributed by atoms with Crippen LogP contribution >= 0.6 is 24.0 Å². The van der Waals surface area contributed by atoms with Crippen molar-refractivity contribution in [2.75, 3.05) is 37.6 Å². The zero-order valence-electron chi connectivity index (χ0n) is 15.1. The zero-order chi connectivity index (χ0) is 17.8. The lowest BCUT2D eigenvalue weighted by Gasteiger charge is -2.35. The topological polar surface area (TPSA) is 86.4 Å². The van der Waals surface area contributed by atoms with Gasteiger partial charge in [-0.3, -0.25) is 4.99 Å². The van der Waals surface area contributed by atoms with Gasteiger partial charge in [0.05, 0.1) is 0 Å². The number of guanidine groups is 1. The molecule has 142 valence electrons. The number of aliphatic imine (C=N–C) groups is 1. The molecule has 1 aliphatic rings. The molecule has 3 heterocycles. The summed E-state index contributed by atoms with van der Waals surface area (Å²) < 4.78 is 0. The SMILES string of the molecule is I.NC(=NCCc1cc2ccccc2[nH]1)N1CCN(c2ncccn2)CC1. The van der Waals surface area contributed by atoms with Gasteiger partial charge in [-0.05, 0) is 23.6 Å². The first-order valence-electron chi connectivity index (χ1n) is 8.93. The van der Waals surface area contributed by atoms with E-state index < -0.39 is 0 Å². The van der Waals surface area contributed by atoms with E-state index in [4.69, 9.17) is 5.73 Å². The second kappa shape index (κ2) is 9.03. The highest BCUT2D eigenvalue weighted by Crippen LogP contribution is 2.15. The van der Waals surface area contributed by atoms with Crippen molar-refractivity contribution in [1.82, 2.24) is 19.9 Å². The number of nitrogens with zero attached hydrogens (tertiary/aromatic N) is 5. The average molecular weight is 477 g/mol. The fraction of sp³-hybridized carbons (Fsp3) is 0.316. The first kappa shape index (κ1) is 19.4. The molecule has 7 nitrogen and oxygen atoms in total. The highest BCUT2D eigenvalue weighted by Gasteiger charge is 2.19. The molecule has 0 unspecified atom stereocenters. The Morgan fingerprint density at radius 2 is 1.81 bits per heavy atom. The van der Waals surface area contributed by atoms with Gasteiger partial charge in [0.1, 0.15) is 0 Å². The lowest BCUT2D eigenvalue weighted by Crippen LogP contribution is -2.51. The number of para-hydroxylation sites is 1. The van der Waals surface area contributed by atoms with Crippen LogP contribution in [0.25, 0.3) is 10.9 Å². The van der Waals surface area contributed by atoms with Gasteiger partial charge in [0.15, 0.2) is 5.96 Å². The first-order chi connectivity index (χ1) is 12.8. The van der Waals surface area contributed by atoms with Crippen LogP contribution in [-0.4, -0.2) is 58.5 Å².